The van der Waals surface area contributed by atoms with Crippen molar-refractivity contribution in [2.45, 2.75) is 50.8 Å². The first-order valence-corrected chi connectivity index (χ1v) is 8.88. The summed E-state index contributed by atoms with van der Waals surface area (Å²) in [6.07, 6.45) is 3.27. The van der Waals surface area contributed by atoms with Gasteiger partial charge in [-0.3, -0.25) is 0 Å². The Balaban J connectivity index is 2.26. The predicted octanol–water partition coefficient (Wildman–Crippen LogP) is 1.19. The summed E-state index contributed by atoms with van der Waals surface area (Å²) >= 11 is 0. The zero-order chi connectivity index (χ0) is 15.5. The fourth-order valence-corrected chi connectivity index (χ4v) is 4.08. The van der Waals surface area contributed by atoms with E-state index in [1.165, 1.54) is 4.31 Å². The molecule has 6 nitrogen and oxygen atoms in total. The van der Waals surface area contributed by atoms with Crippen LogP contribution in [-0.2, 0) is 27.9 Å². The van der Waals surface area contributed by atoms with Gasteiger partial charge >= 0.3 is 0 Å². The highest BCUT2D eigenvalue weighted by molar-refractivity contribution is 7.89. The van der Waals surface area contributed by atoms with Crippen LogP contribution in [0, 0.1) is 0 Å². The van der Waals surface area contributed by atoms with E-state index in [0.717, 1.165) is 12.8 Å². The van der Waals surface area contributed by atoms with Gasteiger partial charge in [-0.05, 0) is 18.9 Å². The predicted molar refractivity (Wildman–Crippen MR) is 79.4 cm³/mol. The number of aryl methyl sites for hydroxylation is 1. The van der Waals surface area contributed by atoms with Crippen LogP contribution >= 0.6 is 0 Å². The van der Waals surface area contributed by atoms with Gasteiger partial charge in [0.15, 0.2) is 0 Å². The van der Waals surface area contributed by atoms with E-state index in [0.29, 0.717) is 31.9 Å². The Hall–Kier alpha value is -0.890. The molecule has 1 aromatic heterocycles. The summed E-state index contributed by atoms with van der Waals surface area (Å²) in [5.74, 6) is 0. The van der Waals surface area contributed by atoms with Crippen molar-refractivity contribution in [3.8, 4) is 0 Å². The Morgan fingerprint density at radius 1 is 1.43 bits per heavy atom. The van der Waals surface area contributed by atoms with Gasteiger partial charge in [0.1, 0.15) is 4.90 Å². The molecule has 2 rings (SSSR count). The second kappa shape index (κ2) is 6.91. The highest BCUT2D eigenvalue weighted by atomic mass is 32.2. The molecular weight excluding hydrogens is 292 g/mol. The molecule has 120 valence electrons. The lowest BCUT2D eigenvalue weighted by atomic mass is 10.2. The highest BCUT2D eigenvalue weighted by Crippen LogP contribution is 2.22. The number of hydrogen-bond donors (Lipinski definition) is 1. The summed E-state index contributed by atoms with van der Waals surface area (Å²) in [6, 6.07) is 1.57. The van der Waals surface area contributed by atoms with Crippen LogP contribution in [0.4, 0.5) is 0 Å². The summed E-state index contributed by atoms with van der Waals surface area (Å²) in [5, 5.41) is 9.37. The van der Waals surface area contributed by atoms with Gasteiger partial charge in [-0.1, -0.05) is 13.8 Å². The number of hydrogen-bond acceptors (Lipinski definition) is 4. The Morgan fingerprint density at radius 2 is 2.19 bits per heavy atom. The monoisotopic (exact) mass is 316 g/mol. The summed E-state index contributed by atoms with van der Waals surface area (Å²) in [6.45, 7) is 5.76. The fraction of sp³-hybridized carbons (Fsp3) is 0.714. The maximum Gasteiger partial charge on any atom is 0.244 e. The first-order chi connectivity index (χ1) is 10.0. The minimum absolute atomic E-state index is 0.0384. The van der Waals surface area contributed by atoms with Crippen molar-refractivity contribution >= 4 is 10.0 Å². The standard InChI is InChI=1S/C14H24N2O4S/c1-3-5-15-10-14(8-12(15)11-17)21(18,19)16-6-7-20-13(4-2)9-16/h8,10,13,17H,3-7,9,11H2,1-2H3. The zero-order valence-electron chi connectivity index (χ0n) is 12.7. The molecule has 1 N–H and O–H groups in total. The average Bonchev–Trinajstić information content (AvgIpc) is 2.91. The van der Waals surface area contributed by atoms with Gasteiger partial charge in [-0.2, -0.15) is 4.31 Å². The third-order valence-corrected chi connectivity index (χ3v) is 5.61. The minimum atomic E-state index is -3.51. The third kappa shape index (κ3) is 3.48. The summed E-state index contributed by atoms with van der Waals surface area (Å²) < 4.78 is 34.2. The molecule has 2 heterocycles. The Kier molecular flexibility index (Phi) is 5.43. The van der Waals surface area contributed by atoms with Crippen molar-refractivity contribution in [2.75, 3.05) is 19.7 Å². The molecule has 1 saturated heterocycles. The van der Waals surface area contributed by atoms with Crippen LogP contribution < -0.4 is 0 Å². The second-order valence-electron chi connectivity index (χ2n) is 5.28. The van der Waals surface area contributed by atoms with E-state index >= 15 is 0 Å². The van der Waals surface area contributed by atoms with Gasteiger partial charge in [0.2, 0.25) is 10.0 Å². The first kappa shape index (κ1) is 16.5. The molecule has 0 amide bonds. The van der Waals surface area contributed by atoms with E-state index in [4.69, 9.17) is 4.74 Å². The van der Waals surface area contributed by atoms with E-state index < -0.39 is 10.0 Å². The Bertz CT molecular complexity index is 568. The van der Waals surface area contributed by atoms with Gasteiger partial charge in [-0.15, -0.1) is 0 Å². The number of aliphatic hydroxyl groups is 1. The summed E-state index contributed by atoms with van der Waals surface area (Å²) in [5.41, 5.74) is 0.635. The van der Waals surface area contributed by atoms with Crippen LogP contribution in [-0.4, -0.2) is 48.2 Å². The smallest absolute Gasteiger partial charge is 0.244 e. The number of sulfonamides is 1. The fourth-order valence-electron chi connectivity index (χ4n) is 2.55. The first-order valence-electron chi connectivity index (χ1n) is 7.44. The SMILES string of the molecule is CCCn1cc(S(=O)(=O)N2CCOC(CC)C2)cc1CO. The molecule has 1 atom stereocenters. The topological polar surface area (TPSA) is 71.8 Å². The van der Waals surface area contributed by atoms with Gasteiger partial charge in [-0.25, -0.2) is 8.42 Å². The zero-order valence-corrected chi connectivity index (χ0v) is 13.5. The van der Waals surface area contributed by atoms with Crippen LogP contribution in [0.1, 0.15) is 32.4 Å². The molecule has 1 aliphatic heterocycles. The van der Waals surface area contributed by atoms with E-state index in [2.05, 4.69) is 0 Å². The Morgan fingerprint density at radius 3 is 2.81 bits per heavy atom. The van der Waals surface area contributed by atoms with Gasteiger partial charge in [0, 0.05) is 31.5 Å². The molecule has 0 radical (unpaired) electrons. The normalized spacial score (nSPS) is 20.8. The maximum atomic E-state index is 12.7. The Labute approximate surface area is 126 Å². The van der Waals surface area contributed by atoms with E-state index in [-0.39, 0.29) is 17.6 Å². The molecule has 7 heteroatoms. The van der Waals surface area contributed by atoms with Gasteiger partial charge in [0.25, 0.3) is 0 Å². The van der Waals surface area contributed by atoms with Crippen molar-refractivity contribution in [3.05, 3.63) is 18.0 Å². The van der Waals surface area contributed by atoms with E-state index in [1.54, 1.807) is 12.3 Å². The molecule has 0 aromatic carbocycles. The molecule has 0 saturated carbocycles. The van der Waals surface area contributed by atoms with Crippen molar-refractivity contribution in [1.29, 1.82) is 0 Å². The second-order valence-corrected chi connectivity index (χ2v) is 7.22. The molecule has 1 fully saturated rings. The quantitative estimate of drug-likeness (QED) is 0.856. The van der Waals surface area contributed by atoms with Crippen LogP contribution in [0.2, 0.25) is 0 Å². The van der Waals surface area contributed by atoms with Crippen LogP contribution in [0.5, 0.6) is 0 Å². The maximum absolute atomic E-state index is 12.7. The van der Waals surface area contributed by atoms with E-state index in [1.807, 2.05) is 18.4 Å². The number of aromatic nitrogens is 1. The molecule has 0 bridgehead atoms. The van der Waals surface area contributed by atoms with Crippen molar-refractivity contribution in [3.63, 3.8) is 0 Å². The number of ether oxygens (including phenoxy) is 1. The van der Waals surface area contributed by atoms with E-state index in [9.17, 15) is 13.5 Å². The molecule has 1 unspecified atom stereocenters. The summed E-state index contributed by atoms with van der Waals surface area (Å²) in [7, 11) is -3.51. The number of aliphatic hydroxyl groups excluding tert-OH is 1. The number of morpholine rings is 1. The third-order valence-electron chi connectivity index (χ3n) is 3.78. The lowest BCUT2D eigenvalue weighted by Gasteiger charge is -2.31. The number of rotatable bonds is 6. The molecule has 0 spiro atoms. The molecular formula is C14H24N2O4S. The lowest BCUT2D eigenvalue weighted by Crippen LogP contribution is -2.45. The van der Waals surface area contributed by atoms with Crippen molar-refractivity contribution < 1.29 is 18.3 Å². The van der Waals surface area contributed by atoms with Crippen LogP contribution in [0.25, 0.3) is 0 Å². The van der Waals surface area contributed by atoms with Gasteiger partial charge < -0.3 is 14.4 Å². The van der Waals surface area contributed by atoms with Crippen molar-refractivity contribution in [1.82, 2.24) is 8.87 Å². The average molecular weight is 316 g/mol. The molecule has 1 aromatic rings. The molecule has 0 aliphatic carbocycles. The largest absolute Gasteiger partial charge is 0.390 e. The summed E-state index contributed by atoms with van der Waals surface area (Å²) in [4.78, 5) is 0.261. The minimum Gasteiger partial charge on any atom is -0.390 e. The van der Waals surface area contributed by atoms with Crippen LogP contribution in [0.3, 0.4) is 0 Å². The van der Waals surface area contributed by atoms with Crippen molar-refractivity contribution in [2.24, 2.45) is 0 Å². The molecule has 1 aliphatic rings. The molecule has 21 heavy (non-hydrogen) atoms. The lowest BCUT2D eigenvalue weighted by molar-refractivity contribution is -0.00277. The van der Waals surface area contributed by atoms with Gasteiger partial charge in [0.05, 0.1) is 19.3 Å². The van der Waals surface area contributed by atoms with Crippen LogP contribution in [0.15, 0.2) is 17.2 Å². The number of nitrogens with zero attached hydrogens (tertiary/aromatic N) is 2. The highest BCUT2D eigenvalue weighted by Gasteiger charge is 2.31.